The molecule has 0 aliphatic heterocycles. The summed E-state index contributed by atoms with van der Waals surface area (Å²) in [6.07, 6.45) is 2.47. The maximum absolute atomic E-state index is 10.9. The summed E-state index contributed by atoms with van der Waals surface area (Å²) >= 11 is 1.23. The van der Waals surface area contributed by atoms with Gasteiger partial charge in [-0.1, -0.05) is 18.3 Å². The minimum Gasteiger partial charge on any atom is -0.477 e. The summed E-state index contributed by atoms with van der Waals surface area (Å²) < 4.78 is 1.91. The van der Waals surface area contributed by atoms with E-state index in [1.807, 2.05) is 18.2 Å². The Balaban J connectivity index is 2.80. The predicted molar refractivity (Wildman–Crippen MR) is 54.1 cm³/mol. The van der Waals surface area contributed by atoms with Crippen molar-refractivity contribution in [3.8, 4) is 0 Å². The van der Waals surface area contributed by atoms with E-state index in [0.29, 0.717) is 11.3 Å². The number of nitrogens with zero attached hydrogens (tertiary/aromatic N) is 2. The van der Waals surface area contributed by atoms with E-state index < -0.39 is 5.97 Å². The first-order chi connectivity index (χ1) is 6.65. The third-order valence-electron chi connectivity index (χ3n) is 2.16. The van der Waals surface area contributed by atoms with Gasteiger partial charge in [0.15, 0.2) is 4.96 Å². The van der Waals surface area contributed by atoms with Gasteiger partial charge in [0.05, 0.1) is 0 Å². The smallest absolute Gasteiger partial charge is 0.347 e. The van der Waals surface area contributed by atoms with Crippen LogP contribution >= 0.6 is 11.3 Å². The number of fused-ring (bicyclic) bond motifs is 1. The molecule has 74 valence electrons. The second kappa shape index (κ2) is 3.09. The summed E-state index contributed by atoms with van der Waals surface area (Å²) in [6, 6.07) is 0. The van der Waals surface area contributed by atoms with Gasteiger partial charge in [-0.15, -0.1) is 0 Å². The molecule has 1 N–H and O–H groups in total. The monoisotopic (exact) mass is 210 g/mol. The SMILES string of the molecule is CCc1c(C(=O)O)sc2ncc(C)n12. The Labute approximate surface area is 84.8 Å². The second-order valence-electron chi connectivity index (χ2n) is 3.05. The maximum Gasteiger partial charge on any atom is 0.347 e. The molecule has 0 radical (unpaired) electrons. The molecule has 0 aromatic carbocycles. The van der Waals surface area contributed by atoms with E-state index in [-0.39, 0.29) is 0 Å². The molecule has 0 aliphatic carbocycles. The molecule has 0 fully saturated rings. The number of hydrogen-bond acceptors (Lipinski definition) is 3. The van der Waals surface area contributed by atoms with E-state index >= 15 is 0 Å². The van der Waals surface area contributed by atoms with Crippen LogP contribution in [-0.2, 0) is 6.42 Å². The van der Waals surface area contributed by atoms with E-state index in [2.05, 4.69) is 4.98 Å². The van der Waals surface area contributed by atoms with Gasteiger partial charge in [0.1, 0.15) is 4.88 Å². The van der Waals surface area contributed by atoms with Gasteiger partial charge in [0, 0.05) is 17.6 Å². The lowest BCUT2D eigenvalue weighted by Gasteiger charge is -1.98. The molecule has 2 aromatic rings. The van der Waals surface area contributed by atoms with Crippen molar-refractivity contribution in [2.24, 2.45) is 0 Å². The summed E-state index contributed by atoms with van der Waals surface area (Å²) in [7, 11) is 0. The van der Waals surface area contributed by atoms with Gasteiger partial charge in [0.2, 0.25) is 0 Å². The number of hydrogen-bond donors (Lipinski definition) is 1. The number of carbonyl (C=O) groups is 1. The number of imidazole rings is 1. The van der Waals surface area contributed by atoms with Gasteiger partial charge < -0.3 is 5.11 Å². The molecule has 14 heavy (non-hydrogen) atoms. The molecular formula is C9H10N2O2S. The Morgan fingerprint density at radius 1 is 1.71 bits per heavy atom. The summed E-state index contributed by atoms with van der Waals surface area (Å²) in [4.78, 5) is 16.2. The number of thiazole rings is 1. The number of carboxylic acids is 1. The van der Waals surface area contributed by atoms with Crippen LogP contribution in [0.2, 0.25) is 0 Å². The molecule has 0 saturated carbocycles. The molecule has 2 rings (SSSR count). The van der Waals surface area contributed by atoms with Gasteiger partial charge in [-0.2, -0.15) is 0 Å². The van der Waals surface area contributed by atoms with Gasteiger partial charge in [-0.3, -0.25) is 4.40 Å². The van der Waals surface area contributed by atoms with Crippen LogP contribution in [0.3, 0.4) is 0 Å². The number of carboxylic acid groups (broad SMARTS) is 1. The van der Waals surface area contributed by atoms with Crippen molar-refractivity contribution in [2.75, 3.05) is 0 Å². The average Bonchev–Trinajstić information content (AvgIpc) is 2.66. The lowest BCUT2D eigenvalue weighted by atomic mass is 10.3. The highest BCUT2D eigenvalue weighted by Crippen LogP contribution is 2.24. The highest BCUT2D eigenvalue weighted by molar-refractivity contribution is 7.19. The summed E-state index contributed by atoms with van der Waals surface area (Å²) in [5.74, 6) is -0.864. The van der Waals surface area contributed by atoms with Crippen LogP contribution < -0.4 is 0 Å². The fourth-order valence-electron chi connectivity index (χ4n) is 1.55. The van der Waals surface area contributed by atoms with E-state index in [9.17, 15) is 4.79 Å². The zero-order chi connectivity index (χ0) is 10.3. The number of aromatic carboxylic acids is 1. The quantitative estimate of drug-likeness (QED) is 0.824. The average molecular weight is 210 g/mol. The minimum absolute atomic E-state index is 0.402. The molecule has 5 heteroatoms. The van der Waals surface area contributed by atoms with E-state index in [4.69, 9.17) is 5.11 Å². The standard InChI is InChI=1S/C9H10N2O2S/c1-3-6-7(8(12)13)14-9-10-4-5(2)11(6)9/h4H,3H2,1-2H3,(H,12,13). The van der Waals surface area contributed by atoms with E-state index in [1.165, 1.54) is 11.3 Å². The maximum atomic E-state index is 10.9. The van der Waals surface area contributed by atoms with Crippen LogP contribution in [0.25, 0.3) is 4.96 Å². The second-order valence-corrected chi connectivity index (χ2v) is 4.03. The Kier molecular flexibility index (Phi) is 2.03. The third kappa shape index (κ3) is 1.13. The summed E-state index contributed by atoms with van der Waals surface area (Å²) in [5, 5.41) is 8.98. The van der Waals surface area contributed by atoms with Crippen molar-refractivity contribution in [2.45, 2.75) is 20.3 Å². The molecule has 0 saturated heterocycles. The van der Waals surface area contributed by atoms with Gasteiger partial charge in [0.25, 0.3) is 0 Å². The molecule has 0 bridgehead atoms. The molecule has 0 spiro atoms. The Morgan fingerprint density at radius 3 is 3.00 bits per heavy atom. The van der Waals surface area contributed by atoms with Crippen molar-refractivity contribution in [3.63, 3.8) is 0 Å². The number of rotatable bonds is 2. The topological polar surface area (TPSA) is 54.6 Å². The largest absolute Gasteiger partial charge is 0.477 e. The first-order valence-electron chi connectivity index (χ1n) is 4.34. The lowest BCUT2D eigenvalue weighted by molar-refractivity contribution is 0.0700. The predicted octanol–water partition coefficient (Wildman–Crippen LogP) is 1.96. The van der Waals surface area contributed by atoms with Gasteiger partial charge in [-0.05, 0) is 13.3 Å². The lowest BCUT2D eigenvalue weighted by Crippen LogP contribution is -2.00. The fraction of sp³-hybridized carbons (Fsp3) is 0.333. The Bertz CT molecular complexity index is 498. The van der Waals surface area contributed by atoms with Crippen LogP contribution in [-0.4, -0.2) is 20.5 Å². The number of aryl methyl sites for hydroxylation is 2. The molecular weight excluding hydrogens is 200 g/mol. The van der Waals surface area contributed by atoms with Crippen LogP contribution in [0.15, 0.2) is 6.20 Å². The van der Waals surface area contributed by atoms with Crippen LogP contribution in [0.5, 0.6) is 0 Å². The molecule has 0 unspecified atom stereocenters. The van der Waals surface area contributed by atoms with Gasteiger partial charge in [-0.25, -0.2) is 9.78 Å². The van der Waals surface area contributed by atoms with Crippen molar-refractivity contribution in [3.05, 3.63) is 22.5 Å². The Morgan fingerprint density at radius 2 is 2.43 bits per heavy atom. The fourth-order valence-corrected chi connectivity index (χ4v) is 2.63. The molecule has 0 amide bonds. The van der Waals surface area contributed by atoms with Crippen molar-refractivity contribution in [1.29, 1.82) is 0 Å². The highest BCUT2D eigenvalue weighted by atomic mass is 32.1. The molecule has 0 aliphatic rings. The van der Waals surface area contributed by atoms with Crippen molar-refractivity contribution < 1.29 is 9.90 Å². The molecule has 4 nitrogen and oxygen atoms in total. The summed E-state index contributed by atoms with van der Waals surface area (Å²) in [5.41, 5.74) is 1.83. The highest BCUT2D eigenvalue weighted by Gasteiger charge is 2.18. The summed E-state index contributed by atoms with van der Waals surface area (Å²) in [6.45, 7) is 3.88. The van der Waals surface area contributed by atoms with Gasteiger partial charge >= 0.3 is 5.97 Å². The van der Waals surface area contributed by atoms with Crippen LogP contribution in [0, 0.1) is 6.92 Å². The third-order valence-corrected chi connectivity index (χ3v) is 3.25. The van der Waals surface area contributed by atoms with Crippen molar-refractivity contribution >= 4 is 22.3 Å². The normalized spacial score (nSPS) is 11.0. The Hall–Kier alpha value is -1.36. The van der Waals surface area contributed by atoms with Crippen molar-refractivity contribution in [1.82, 2.24) is 9.38 Å². The molecule has 2 heterocycles. The van der Waals surface area contributed by atoms with E-state index in [0.717, 1.165) is 16.3 Å². The van der Waals surface area contributed by atoms with E-state index in [1.54, 1.807) is 6.20 Å². The van der Waals surface area contributed by atoms with Crippen LogP contribution in [0.4, 0.5) is 0 Å². The molecule has 0 atom stereocenters. The first kappa shape index (κ1) is 9.21. The number of aromatic nitrogens is 2. The minimum atomic E-state index is -0.864. The zero-order valence-electron chi connectivity index (χ0n) is 7.94. The zero-order valence-corrected chi connectivity index (χ0v) is 8.76. The molecule has 2 aromatic heterocycles. The van der Waals surface area contributed by atoms with Crippen LogP contribution in [0.1, 0.15) is 28.0 Å². The first-order valence-corrected chi connectivity index (χ1v) is 5.15.